The van der Waals surface area contributed by atoms with E-state index >= 15 is 0 Å². The van der Waals surface area contributed by atoms with Gasteiger partial charge in [0.1, 0.15) is 17.1 Å². The van der Waals surface area contributed by atoms with Gasteiger partial charge in [-0.25, -0.2) is 4.79 Å². The van der Waals surface area contributed by atoms with Crippen molar-refractivity contribution in [2.45, 2.75) is 23.5 Å². The van der Waals surface area contributed by atoms with E-state index in [1.807, 2.05) is 18.2 Å². The summed E-state index contributed by atoms with van der Waals surface area (Å²) in [4.78, 5) is 29.1. The number of nitrogens with zero attached hydrogens (tertiary/aromatic N) is 2. The smallest absolute Gasteiger partial charge is 0.348 e. The zero-order valence-corrected chi connectivity index (χ0v) is 16.2. The molecule has 3 aromatic rings. The monoisotopic (exact) mass is 408 g/mol. The minimum Gasteiger partial charge on any atom is -0.507 e. The van der Waals surface area contributed by atoms with Crippen LogP contribution in [0.1, 0.15) is 28.6 Å². The van der Waals surface area contributed by atoms with Gasteiger partial charge in [-0.3, -0.25) is 15.1 Å². The zero-order chi connectivity index (χ0) is 20.5. The first-order valence-electron chi connectivity index (χ1n) is 8.84. The average molecular weight is 408 g/mol. The van der Waals surface area contributed by atoms with Crippen molar-refractivity contribution in [3.8, 4) is 5.75 Å². The third kappa shape index (κ3) is 3.66. The van der Waals surface area contributed by atoms with Gasteiger partial charge in [0.15, 0.2) is 0 Å². The number of nitro benzene ring substituents is 1. The Hall–Kier alpha value is -3.39. The van der Waals surface area contributed by atoms with Crippen LogP contribution < -0.4 is 5.63 Å². The molecular formula is C21H16N2O5S. The molecule has 0 fully saturated rings. The van der Waals surface area contributed by atoms with E-state index in [-0.39, 0.29) is 34.4 Å². The summed E-state index contributed by atoms with van der Waals surface area (Å²) in [6.07, 6.45) is 0.214. The van der Waals surface area contributed by atoms with Crippen LogP contribution >= 0.6 is 11.8 Å². The van der Waals surface area contributed by atoms with Crippen LogP contribution in [-0.4, -0.2) is 15.7 Å². The standard InChI is InChI=1S/C21H16N2O5S/c1-12-10-17(24)20(21(25)28-12)15-11-19(13-6-2-4-8-16(13)23(26)27)29-18-9-5-3-7-14(18)22-15/h2-10,19,24H,11H2,1H3. The molecule has 8 heteroatoms. The summed E-state index contributed by atoms with van der Waals surface area (Å²) in [5.41, 5.74) is 0.792. The fourth-order valence-electron chi connectivity index (χ4n) is 3.33. The molecule has 0 amide bonds. The van der Waals surface area contributed by atoms with Crippen LogP contribution in [0.15, 0.2) is 73.7 Å². The second-order valence-electron chi connectivity index (χ2n) is 6.56. The molecule has 1 atom stereocenters. The topological polar surface area (TPSA) is 106 Å². The molecule has 2 heterocycles. The molecule has 1 N–H and O–H groups in total. The van der Waals surface area contributed by atoms with Gasteiger partial charge in [0.2, 0.25) is 0 Å². The molecule has 146 valence electrons. The van der Waals surface area contributed by atoms with Crippen LogP contribution in [0.2, 0.25) is 0 Å². The van der Waals surface area contributed by atoms with Gasteiger partial charge in [0, 0.05) is 34.3 Å². The second-order valence-corrected chi connectivity index (χ2v) is 7.80. The fourth-order valence-corrected chi connectivity index (χ4v) is 4.60. The Kier molecular flexibility index (Phi) is 4.94. The van der Waals surface area contributed by atoms with Gasteiger partial charge in [-0.2, -0.15) is 0 Å². The third-order valence-corrected chi connectivity index (χ3v) is 5.90. The van der Waals surface area contributed by atoms with Gasteiger partial charge in [0.25, 0.3) is 5.69 Å². The molecule has 1 aliphatic heterocycles. The van der Waals surface area contributed by atoms with E-state index in [0.717, 1.165) is 4.90 Å². The van der Waals surface area contributed by atoms with Gasteiger partial charge >= 0.3 is 5.63 Å². The van der Waals surface area contributed by atoms with E-state index in [1.54, 1.807) is 31.2 Å². The molecule has 0 aliphatic carbocycles. The molecule has 0 bridgehead atoms. The lowest BCUT2D eigenvalue weighted by atomic mass is 10.0. The maximum atomic E-state index is 12.5. The first-order chi connectivity index (χ1) is 13.9. The molecule has 0 spiro atoms. The number of aromatic hydroxyl groups is 1. The molecule has 2 aromatic carbocycles. The summed E-state index contributed by atoms with van der Waals surface area (Å²) >= 11 is 1.44. The lowest BCUT2D eigenvalue weighted by Crippen LogP contribution is -2.17. The van der Waals surface area contributed by atoms with E-state index < -0.39 is 10.5 Å². The Labute approximate surface area is 169 Å². The summed E-state index contributed by atoms with van der Waals surface area (Å²) in [6.45, 7) is 1.57. The molecule has 4 rings (SSSR count). The number of benzene rings is 2. The summed E-state index contributed by atoms with van der Waals surface area (Å²) < 4.78 is 5.16. The van der Waals surface area contributed by atoms with Crippen LogP contribution in [0.5, 0.6) is 5.75 Å². The van der Waals surface area contributed by atoms with Gasteiger partial charge < -0.3 is 9.52 Å². The van der Waals surface area contributed by atoms with Crippen LogP contribution in [0.25, 0.3) is 0 Å². The number of aliphatic imine (C=N–C) groups is 1. The molecule has 1 unspecified atom stereocenters. The summed E-state index contributed by atoms with van der Waals surface area (Å²) in [6, 6.07) is 15.3. The number of hydrogen-bond acceptors (Lipinski definition) is 7. The van der Waals surface area contributed by atoms with Crippen molar-refractivity contribution in [3.05, 3.63) is 92.0 Å². The van der Waals surface area contributed by atoms with Crippen LogP contribution in [-0.2, 0) is 0 Å². The van der Waals surface area contributed by atoms with Crippen LogP contribution in [0.4, 0.5) is 11.4 Å². The number of aryl methyl sites for hydroxylation is 1. The van der Waals surface area contributed by atoms with E-state index in [9.17, 15) is 20.0 Å². The minimum absolute atomic E-state index is 0.00361. The normalized spacial score (nSPS) is 15.9. The number of fused-ring (bicyclic) bond motifs is 1. The van der Waals surface area contributed by atoms with Crippen LogP contribution in [0.3, 0.4) is 0 Å². The molecule has 0 saturated carbocycles. The molecule has 29 heavy (non-hydrogen) atoms. The SMILES string of the molecule is Cc1cc(O)c(C2=Nc3ccccc3SC(c3ccccc3[N+](=O)[O-])C2)c(=O)o1. The third-order valence-electron chi connectivity index (χ3n) is 4.59. The summed E-state index contributed by atoms with van der Waals surface area (Å²) in [5, 5.41) is 21.6. The molecule has 0 radical (unpaired) electrons. The van der Waals surface area contributed by atoms with E-state index in [4.69, 9.17) is 4.42 Å². The lowest BCUT2D eigenvalue weighted by Gasteiger charge is -2.16. The van der Waals surface area contributed by atoms with E-state index in [1.165, 1.54) is 23.9 Å². The van der Waals surface area contributed by atoms with Crippen molar-refractivity contribution in [2.24, 2.45) is 4.99 Å². The highest BCUT2D eigenvalue weighted by Gasteiger charge is 2.30. The van der Waals surface area contributed by atoms with E-state index in [0.29, 0.717) is 17.0 Å². The Bertz CT molecular complexity index is 1200. The van der Waals surface area contributed by atoms with E-state index in [2.05, 4.69) is 4.99 Å². The molecule has 0 saturated heterocycles. The number of thioether (sulfide) groups is 1. The lowest BCUT2D eigenvalue weighted by molar-refractivity contribution is -0.385. The van der Waals surface area contributed by atoms with Crippen molar-refractivity contribution in [2.75, 3.05) is 0 Å². The number of para-hydroxylation sites is 2. The highest BCUT2D eigenvalue weighted by Crippen LogP contribution is 2.47. The van der Waals surface area contributed by atoms with Gasteiger partial charge in [-0.05, 0) is 19.1 Å². The average Bonchev–Trinajstić information content (AvgIpc) is 2.86. The first kappa shape index (κ1) is 18.9. The predicted molar refractivity (Wildman–Crippen MR) is 110 cm³/mol. The van der Waals surface area contributed by atoms with Crippen molar-refractivity contribution in [1.29, 1.82) is 0 Å². The Morgan fingerprint density at radius 2 is 1.93 bits per heavy atom. The van der Waals surface area contributed by atoms with Gasteiger partial charge in [-0.1, -0.05) is 30.3 Å². The molecule has 7 nitrogen and oxygen atoms in total. The minimum atomic E-state index is -0.688. The molecular weight excluding hydrogens is 392 g/mol. The maximum absolute atomic E-state index is 12.5. The predicted octanol–water partition coefficient (Wildman–Crippen LogP) is 4.92. The number of rotatable bonds is 3. The first-order valence-corrected chi connectivity index (χ1v) is 9.72. The van der Waals surface area contributed by atoms with Crippen molar-refractivity contribution >= 4 is 28.8 Å². The molecule has 1 aromatic heterocycles. The number of hydrogen-bond donors (Lipinski definition) is 1. The number of nitro groups is 1. The van der Waals surface area contributed by atoms with Gasteiger partial charge in [-0.15, -0.1) is 11.8 Å². The Balaban J connectivity index is 1.91. The van der Waals surface area contributed by atoms with Gasteiger partial charge in [0.05, 0.1) is 16.3 Å². The highest BCUT2D eigenvalue weighted by molar-refractivity contribution is 7.99. The second kappa shape index (κ2) is 7.56. The fraction of sp³-hybridized carbons (Fsp3) is 0.143. The largest absolute Gasteiger partial charge is 0.507 e. The Morgan fingerprint density at radius 1 is 1.21 bits per heavy atom. The maximum Gasteiger partial charge on any atom is 0.348 e. The van der Waals surface area contributed by atoms with Crippen molar-refractivity contribution in [3.63, 3.8) is 0 Å². The summed E-state index contributed by atoms with van der Waals surface area (Å²) in [5.74, 6) is 0.0682. The quantitative estimate of drug-likeness (QED) is 0.487. The van der Waals surface area contributed by atoms with Crippen molar-refractivity contribution in [1.82, 2.24) is 0 Å². The molecule has 1 aliphatic rings. The highest BCUT2D eigenvalue weighted by atomic mass is 32.2. The summed E-state index contributed by atoms with van der Waals surface area (Å²) in [7, 11) is 0. The Morgan fingerprint density at radius 3 is 2.69 bits per heavy atom. The van der Waals surface area contributed by atoms with Crippen molar-refractivity contribution < 1.29 is 14.4 Å². The van der Waals surface area contributed by atoms with Crippen LogP contribution in [0, 0.1) is 17.0 Å². The zero-order valence-electron chi connectivity index (χ0n) is 15.4.